The van der Waals surface area contributed by atoms with Crippen LogP contribution in [0.2, 0.25) is 0 Å². The molecular formula is C19H22F2N2O6S. The lowest BCUT2D eigenvalue weighted by Crippen LogP contribution is -2.30. The minimum Gasteiger partial charge on any atom is -0.435 e. The Bertz CT molecular complexity index is 859. The third kappa shape index (κ3) is 5.85. The number of halogens is 2. The highest BCUT2D eigenvalue weighted by Gasteiger charge is 2.41. The predicted molar refractivity (Wildman–Crippen MR) is 107 cm³/mol. The number of ether oxygens (including phenoxy) is 3. The molecule has 1 N–H and O–H groups in total. The number of allylic oxidation sites excluding steroid dienone is 2. The van der Waals surface area contributed by atoms with Crippen LogP contribution in [0.25, 0.3) is 0 Å². The van der Waals surface area contributed by atoms with E-state index in [2.05, 4.69) is 10.1 Å². The van der Waals surface area contributed by atoms with Gasteiger partial charge in [0, 0.05) is 11.3 Å². The van der Waals surface area contributed by atoms with E-state index >= 15 is 0 Å². The maximum atomic E-state index is 12.9. The van der Waals surface area contributed by atoms with E-state index in [0.29, 0.717) is 11.4 Å². The summed E-state index contributed by atoms with van der Waals surface area (Å²) in [7, 11) is 0. The molecule has 8 nitrogen and oxygen atoms in total. The van der Waals surface area contributed by atoms with Gasteiger partial charge in [0.15, 0.2) is 0 Å². The van der Waals surface area contributed by atoms with Crippen LogP contribution in [0.1, 0.15) is 32.3 Å². The summed E-state index contributed by atoms with van der Waals surface area (Å²) in [5.41, 5.74) is 0.216. The van der Waals surface area contributed by atoms with Crippen LogP contribution >= 0.6 is 11.8 Å². The normalized spacial score (nSPS) is 16.4. The number of nitrogens with zero attached hydrogens (tertiary/aromatic N) is 1. The average Bonchev–Trinajstić information content (AvgIpc) is 2.67. The van der Waals surface area contributed by atoms with Gasteiger partial charge in [0.25, 0.3) is 5.70 Å². The Labute approximate surface area is 176 Å². The number of dihydropyridines is 1. The first-order valence-corrected chi connectivity index (χ1v) is 10.2. The number of thioether (sulfide) groups is 1. The van der Waals surface area contributed by atoms with Crippen LogP contribution in [0.15, 0.2) is 47.1 Å². The van der Waals surface area contributed by atoms with E-state index in [9.17, 15) is 23.7 Å². The van der Waals surface area contributed by atoms with Gasteiger partial charge in [-0.15, -0.1) is 0 Å². The fourth-order valence-electron chi connectivity index (χ4n) is 3.00. The quantitative estimate of drug-likeness (QED) is 0.255. The van der Waals surface area contributed by atoms with Crippen LogP contribution in [-0.4, -0.2) is 35.8 Å². The zero-order chi connectivity index (χ0) is 22.3. The Morgan fingerprint density at radius 3 is 2.63 bits per heavy atom. The van der Waals surface area contributed by atoms with Crippen molar-refractivity contribution in [1.82, 2.24) is 5.32 Å². The molecule has 1 aromatic rings. The molecule has 2 rings (SSSR count). The maximum absolute atomic E-state index is 12.9. The summed E-state index contributed by atoms with van der Waals surface area (Å²) < 4.78 is 40.6. The third-order valence-electron chi connectivity index (χ3n) is 4.15. The van der Waals surface area contributed by atoms with Crippen LogP contribution in [-0.2, 0) is 9.47 Å². The summed E-state index contributed by atoms with van der Waals surface area (Å²) in [6.07, 6.45) is -1.04. The number of nitro groups is 1. The molecule has 164 valence electrons. The summed E-state index contributed by atoms with van der Waals surface area (Å²) in [6.45, 7) is 1.96. The molecule has 1 aliphatic heterocycles. The van der Waals surface area contributed by atoms with Gasteiger partial charge in [0.05, 0.1) is 16.3 Å². The minimum atomic E-state index is -3.13. The van der Waals surface area contributed by atoms with Gasteiger partial charge < -0.3 is 19.5 Å². The summed E-state index contributed by atoms with van der Waals surface area (Å²) in [6, 6.07) is 5.66. The zero-order valence-corrected chi connectivity index (χ0v) is 17.5. The van der Waals surface area contributed by atoms with E-state index < -0.39 is 23.6 Å². The van der Waals surface area contributed by atoms with Gasteiger partial charge in [-0.2, -0.15) is 20.5 Å². The van der Waals surface area contributed by atoms with Crippen molar-refractivity contribution in [3.05, 3.63) is 62.8 Å². The second-order valence-electron chi connectivity index (χ2n) is 6.13. The van der Waals surface area contributed by atoms with Gasteiger partial charge in [-0.3, -0.25) is 10.1 Å². The van der Waals surface area contributed by atoms with Crippen LogP contribution in [0, 0.1) is 10.1 Å². The molecule has 1 aliphatic rings. The Kier molecular flexibility index (Phi) is 8.46. The van der Waals surface area contributed by atoms with E-state index in [0.717, 1.165) is 5.75 Å². The van der Waals surface area contributed by atoms with Crippen molar-refractivity contribution in [3.8, 4) is 5.75 Å². The molecule has 0 radical (unpaired) electrons. The van der Waals surface area contributed by atoms with Crippen molar-refractivity contribution in [2.24, 2.45) is 0 Å². The van der Waals surface area contributed by atoms with Crippen molar-refractivity contribution < 1.29 is 32.7 Å². The molecular weight excluding hydrogens is 422 g/mol. The first kappa shape index (κ1) is 23.5. The SMILES string of the molecule is CCSCCOC(=O)OC1=C(C)NC(C)=C([N+](=O)[O-])C1c1ccccc1OC(F)F. The van der Waals surface area contributed by atoms with Gasteiger partial charge >= 0.3 is 12.8 Å². The highest BCUT2D eigenvalue weighted by molar-refractivity contribution is 7.99. The lowest BCUT2D eigenvalue weighted by Gasteiger charge is -2.27. The number of hydrogen-bond donors (Lipinski definition) is 1. The Balaban J connectivity index is 2.43. The number of carbonyl (C=O) groups is 1. The molecule has 0 saturated heterocycles. The number of hydrogen-bond acceptors (Lipinski definition) is 8. The standard InChI is InChI=1S/C19H22F2N2O6S/c1-4-30-10-9-27-19(24)29-17-12(3)22-11(2)16(23(25)26)15(17)13-7-5-6-8-14(13)28-18(20)21/h5-8,15,18,22H,4,9-10H2,1-3H3. The number of alkyl halides is 2. The highest BCUT2D eigenvalue weighted by Crippen LogP contribution is 2.42. The Morgan fingerprint density at radius 1 is 1.30 bits per heavy atom. The first-order chi connectivity index (χ1) is 14.3. The molecule has 1 aromatic carbocycles. The van der Waals surface area contributed by atoms with Gasteiger partial charge in [0.1, 0.15) is 24.0 Å². The van der Waals surface area contributed by atoms with Gasteiger partial charge in [-0.05, 0) is 25.7 Å². The predicted octanol–water partition coefficient (Wildman–Crippen LogP) is 4.62. The number of rotatable bonds is 9. The van der Waals surface area contributed by atoms with E-state index in [-0.39, 0.29) is 35.1 Å². The number of benzene rings is 1. The third-order valence-corrected chi connectivity index (χ3v) is 5.02. The molecule has 1 heterocycles. The number of carbonyl (C=O) groups excluding carboxylic acids is 1. The van der Waals surface area contributed by atoms with E-state index in [1.54, 1.807) is 18.7 Å². The van der Waals surface area contributed by atoms with Crippen LogP contribution in [0.3, 0.4) is 0 Å². The molecule has 1 unspecified atom stereocenters. The molecule has 0 saturated carbocycles. The zero-order valence-electron chi connectivity index (χ0n) is 16.6. The van der Waals surface area contributed by atoms with E-state index in [1.165, 1.54) is 31.2 Å². The molecule has 0 fully saturated rings. The van der Waals surface area contributed by atoms with Crippen molar-refractivity contribution >= 4 is 17.9 Å². The summed E-state index contributed by atoms with van der Waals surface area (Å²) >= 11 is 1.56. The average molecular weight is 444 g/mol. The van der Waals surface area contributed by atoms with Crippen molar-refractivity contribution in [3.63, 3.8) is 0 Å². The topological polar surface area (TPSA) is 99.9 Å². The lowest BCUT2D eigenvalue weighted by atomic mass is 9.89. The Hall–Kier alpha value is -2.82. The monoisotopic (exact) mass is 444 g/mol. The van der Waals surface area contributed by atoms with Crippen molar-refractivity contribution in [1.29, 1.82) is 0 Å². The summed E-state index contributed by atoms with van der Waals surface area (Å²) in [5, 5.41) is 14.6. The minimum absolute atomic E-state index is 0.0639. The molecule has 1 atom stereocenters. The molecule has 0 amide bonds. The smallest absolute Gasteiger partial charge is 0.435 e. The van der Waals surface area contributed by atoms with Crippen molar-refractivity contribution in [2.45, 2.75) is 33.3 Å². The molecule has 0 aliphatic carbocycles. The van der Waals surface area contributed by atoms with Crippen LogP contribution < -0.4 is 10.1 Å². The number of para-hydroxylation sites is 1. The fraction of sp³-hybridized carbons (Fsp3) is 0.421. The summed E-state index contributed by atoms with van der Waals surface area (Å²) in [4.78, 5) is 23.3. The maximum Gasteiger partial charge on any atom is 0.513 e. The van der Waals surface area contributed by atoms with Crippen LogP contribution in [0.4, 0.5) is 13.6 Å². The van der Waals surface area contributed by atoms with E-state index in [1.807, 2.05) is 6.92 Å². The van der Waals surface area contributed by atoms with Crippen molar-refractivity contribution in [2.75, 3.05) is 18.1 Å². The second kappa shape index (κ2) is 10.8. The Morgan fingerprint density at radius 2 is 2.00 bits per heavy atom. The van der Waals surface area contributed by atoms with E-state index in [4.69, 9.17) is 9.47 Å². The fourth-order valence-corrected chi connectivity index (χ4v) is 3.49. The summed E-state index contributed by atoms with van der Waals surface area (Å²) in [5.74, 6) is -0.214. The first-order valence-electron chi connectivity index (χ1n) is 9.05. The number of nitrogens with one attached hydrogen (secondary N) is 1. The lowest BCUT2D eigenvalue weighted by molar-refractivity contribution is -0.431. The molecule has 0 spiro atoms. The molecule has 0 aromatic heterocycles. The second-order valence-corrected chi connectivity index (χ2v) is 7.52. The molecule has 11 heteroatoms. The van der Waals surface area contributed by atoms with Gasteiger partial charge in [-0.1, -0.05) is 25.1 Å². The largest absolute Gasteiger partial charge is 0.513 e. The van der Waals surface area contributed by atoms with Gasteiger partial charge in [-0.25, -0.2) is 4.79 Å². The highest BCUT2D eigenvalue weighted by atomic mass is 32.2. The van der Waals surface area contributed by atoms with Crippen LogP contribution in [0.5, 0.6) is 5.75 Å². The molecule has 0 bridgehead atoms. The van der Waals surface area contributed by atoms with Gasteiger partial charge in [0.2, 0.25) is 0 Å². The molecule has 30 heavy (non-hydrogen) atoms.